The molecule has 1 saturated heterocycles. The average Bonchev–Trinajstić information content (AvgIpc) is 2.97. The molecule has 0 radical (unpaired) electrons. The molecule has 1 aliphatic heterocycles. The van der Waals surface area contributed by atoms with Crippen LogP contribution in [0.2, 0.25) is 0 Å². The van der Waals surface area contributed by atoms with Crippen molar-refractivity contribution in [2.24, 2.45) is 0 Å². The van der Waals surface area contributed by atoms with Crippen molar-refractivity contribution in [3.63, 3.8) is 0 Å². The fourth-order valence-corrected chi connectivity index (χ4v) is 3.24. The second-order valence-electron chi connectivity index (χ2n) is 6.81. The van der Waals surface area contributed by atoms with E-state index in [0.717, 1.165) is 25.9 Å². The summed E-state index contributed by atoms with van der Waals surface area (Å²) in [5.41, 5.74) is 1.17. The highest BCUT2D eigenvalue weighted by molar-refractivity contribution is 5.95. The number of aryl methyl sites for hydroxylation is 1. The molecule has 2 heterocycles. The monoisotopic (exact) mass is 367 g/mol. The molecular formula is C21H25N3O3. The second-order valence-corrected chi connectivity index (χ2v) is 6.81. The zero-order chi connectivity index (χ0) is 19.1. The fraction of sp³-hybridized carbons (Fsp3) is 0.381. The maximum atomic E-state index is 12.6. The van der Waals surface area contributed by atoms with Gasteiger partial charge in [0.05, 0.1) is 0 Å². The summed E-state index contributed by atoms with van der Waals surface area (Å²) < 4.78 is 1.50. The number of benzene rings is 1. The molecule has 2 aromatic rings. The number of aromatic nitrogens is 1. The maximum Gasteiger partial charge on any atom is 0.253 e. The Balaban J connectivity index is 1.53. The molecule has 0 unspecified atom stereocenters. The Labute approximate surface area is 158 Å². The number of amides is 2. The number of nitrogens with zero attached hydrogens (tertiary/aromatic N) is 2. The predicted molar refractivity (Wildman–Crippen MR) is 105 cm³/mol. The van der Waals surface area contributed by atoms with Crippen LogP contribution in [0, 0.1) is 0 Å². The van der Waals surface area contributed by atoms with Crippen LogP contribution in [0.5, 0.6) is 0 Å². The Morgan fingerprint density at radius 2 is 1.63 bits per heavy atom. The van der Waals surface area contributed by atoms with Gasteiger partial charge in [0, 0.05) is 49.6 Å². The molecular weight excluding hydrogens is 342 g/mol. The van der Waals surface area contributed by atoms with Crippen molar-refractivity contribution in [2.45, 2.75) is 38.6 Å². The SMILES string of the molecule is O=C(CCn1ccccc1=O)Nc1ccc(C(=O)N2CCCCCC2)cc1. The first-order valence-corrected chi connectivity index (χ1v) is 9.48. The molecule has 0 spiro atoms. The molecule has 27 heavy (non-hydrogen) atoms. The van der Waals surface area contributed by atoms with Gasteiger partial charge in [-0.25, -0.2) is 0 Å². The van der Waals surface area contributed by atoms with Crippen molar-refractivity contribution in [2.75, 3.05) is 18.4 Å². The van der Waals surface area contributed by atoms with Gasteiger partial charge in [-0.1, -0.05) is 18.9 Å². The molecule has 2 amide bonds. The minimum absolute atomic E-state index is 0.0539. The van der Waals surface area contributed by atoms with Crippen LogP contribution in [-0.4, -0.2) is 34.4 Å². The lowest BCUT2D eigenvalue weighted by Crippen LogP contribution is -2.31. The minimum atomic E-state index is -0.169. The van der Waals surface area contributed by atoms with E-state index in [0.29, 0.717) is 17.8 Å². The number of pyridine rings is 1. The number of likely N-dealkylation sites (tertiary alicyclic amines) is 1. The van der Waals surface area contributed by atoms with Crippen molar-refractivity contribution >= 4 is 17.5 Å². The van der Waals surface area contributed by atoms with Crippen LogP contribution in [0.25, 0.3) is 0 Å². The van der Waals surface area contributed by atoms with Crippen molar-refractivity contribution < 1.29 is 9.59 Å². The van der Waals surface area contributed by atoms with E-state index in [1.54, 1.807) is 42.6 Å². The van der Waals surface area contributed by atoms with E-state index in [1.807, 2.05) is 4.90 Å². The fourth-order valence-electron chi connectivity index (χ4n) is 3.24. The molecule has 0 atom stereocenters. The predicted octanol–water partition coefficient (Wildman–Crippen LogP) is 2.89. The van der Waals surface area contributed by atoms with Crippen molar-refractivity contribution in [3.05, 3.63) is 64.6 Å². The van der Waals surface area contributed by atoms with Crippen LogP contribution in [0.4, 0.5) is 5.69 Å². The minimum Gasteiger partial charge on any atom is -0.339 e. The summed E-state index contributed by atoms with van der Waals surface area (Å²) >= 11 is 0. The van der Waals surface area contributed by atoms with E-state index in [9.17, 15) is 14.4 Å². The van der Waals surface area contributed by atoms with E-state index < -0.39 is 0 Å². The number of rotatable bonds is 5. The van der Waals surface area contributed by atoms with Gasteiger partial charge in [-0.05, 0) is 43.2 Å². The molecule has 0 aliphatic carbocycles. The largest absolute Gasteiger partial charge is 0.339 e. The third kappa shape index (κ3) is 5.29. The normalized spacial score (nSPS) is 14.4. The van der Waals surface area contributed by atoms with E-state index in [2.05, 4.69) is 5.32 Å². The lowest BCUT2D eigenvalue weighted by molar-refractivity contribution is -0.116. The maximum absolute atomic E-state index is 12.6. The topological polar surface area (TPSA) is 71.4 Å². The van der Waals surface area contributed by atoms with Gasteiger partial charge in [-0.15, -0.1) is 0 Å². The molecule has 1 aromatic carbocycles. The lowest BCUT2D eigenvalue weighted by atomic mass is 10.1. The number of hydrogen-bond donors (Lipinski definition) is 1. The molecule has 0 bridgehead atoms. The third-order valence-electron chi connectivity index (χ3n) is 4.79. The summed E-state index contributed by atoms with van der Waals surface area (Å²) in [5, 5.41) is 2.81. The number of anilines is 1. The van der Waals surface area contributed by atoms with Crippen LogP contribution in [0.1, 0.15) is 42.5 Å². The molecule has 1 aromatic heterocycles. The van der Waals surface area contributed by atoms with Gasteiger partial charge in [-0.3, -0.25) is 14.4 Å². The summed E-state index contributed by atoms with van der Waals surface area (Å²) in [4.78, 5) is 38.2. The summed E-state index contributed by atoms with van der Waals surface area (Å²) in [5.74, 6) is -0.115. The first-order valence-electron chi connectivity index (χ1n) is 9.48. The first-order chi connectivity index (χ1) is 13.1. The third-order valence-corrected chi connectivity index (χ3v) is 4.79. The Kier molecular flexibility index (Phi) is 6.41. The van der Waals surface area contributed by atoms with Crippen molar-refractivity contribution in [3.8, 4) is 0 Å². The zero-order valence-corrected chi connectivity index (χ0v) is 15.4. The van der Waals surface area contributed by atoms with Gasteiger partial charge in [0.15, 0.2) is 0 Å². The Morgan fingerprint density at radius 3 is 2.30 bits per heavy atom. The summed E-state index contributed by atoms with van der Waals surface area (Å²) in [6.45, 7) is 1.96. The second kappa shape index (κ2) is 9.16. The Hall–Kier alpha value is -2.89. The van der Waals surface area contributed by atoms with Gasteiger partial charge >= 0.3 is 0 Å². The van der Waals surface area contributed by atoms with E-state index >= 15 is 0 Å². The van der Waals surface area contributed by atoms with E-state index in [4.69, 9.17) is 0 Å². The van der Waals surface area contributed by atoms with Gasteiger partial charge in [0.2, 0.25) is 5.91 Å². The van der Waals surface area contributed by atoms with E-state index in [-0.39, 0.29) is 23.8 Å². The quantitative estimate of drug-likeness (QED) is 0.883. The standard InChI is InChI=1S/C21H25N3O3/c25-19(12-16-23-13-6-3-7-20(23)26)22-18-10-8-17(9-11-18)21(27)24-14-4-1-2-5-15-24/h3,6-11,13H,1-2,4-5,12,14-16H2,(H,22,25). The summed E-state index contributed by atoms with van der Waals surface area (Å²) in [6.07, 6.45) is 6.36. The highest BCUT2D eigenvalue weighted by Gasteiger charge is 2.17. The van der Waals surface area contributed by atoms with Crippen LogP contribution in [-0.2, 0) is 11.3 Å². The number of nitrogens with one attached hydrogen (secondary N) is 1. The zero-order valence-electron chi connectivity index (χ0n) is 15.4. The number of carbonyl (C=O) groups is 2. The highest BCUT2D eigenvalue weighted by atomic mass is 16.2. The van der Waals surface area contributed by atoms with Gasteiger partial charge in [-0.2, -0.15) is 0 Å². The molecule has 1 aliphatic rings. The van der Waals surface area contributed by atoms with Crippen LogP contribution >= 0.6 is 0 Å². The van der Waals surface area contributed by atoms with E-state index in [1.165, 1.54) is 23.5 Å². The van der Waals surface area contributed by atoms with Crippen molar-refractivity contribution in [1.82, 2.24) is 9.47 Å². The molecule has 6 nitrogen and oxygen atoms in total. The van der Waals surface area contributed by atoms with Gasteiger partial charge in [0.1, 0.15) is 0 Å². The summed E-state index contributed by atoms with van der Waals surface area (Å²) in [6, 6.07) is 11.9. The molecule has 1 N–H and O–H groups in total. The molecule has 142 valence electrons. The van der Waals surface area contributed by atoms with Gasteiger partial charge in [0.25, 0.3) is 11.5 Å². The molecule has 1 fully saturated rings. The molecule has 0 saturated carbocycles. The first kappa shape index (κ1) is 18.9. The number of hydrogen-bond acceptors (Lipinski definition) is 3. The lowest BCUT2D eigenvalue weighted by Gasteiger charge is -2.20. The average molecular weight is 367 g/mol. The van der Waals surface area contributed by atoms with Gasteiger partial charge < -0.3 is 14.8 Å². The summed E-state index contributed by atoms with van der Waals surface area (Å²) in [7, 11) is 0. The molecule has 3 rings (SSSR count). The number of carbonyl (C=O) groups excluding carboxylic acids is 2. The van der Waals surface area contributed by atoms with Crippen molar-refractivity contribution in [1.29, 1.82) is 0 Å². The van der Waals surface area contributed by atoms with Crippen LogP contribution in [0.3, 0.4) is 0 Å². The highest BCUT2D eigenvalue weighted by Crippen LogP contribution is 2.15. The molecule has 6 heteroatoms. The van der Waals surface area contributed by atoms with Crippen LogP contribution < -0.4 is 10.9 Å². The Morgan fingerprint density at radius 1 is 0.926 bits per heavy atom. The smallest absolute Gasteiger partial charge is 0.253 e. The Bertz CT molecular complexity index is 834. The van der Waals surface area contributed by atoms with Crippen LogP contribution in [0.15, 0.2) is 53.5 Å².